The van der Waals surface area contributed by atoms with Gasteiger partial charge in [-0.2, -0.15) is 5.10 Å². The Morgan fingerprint density at radius 3 is 2.71 bits per heavy atom. The van der Waals surface area contributed by atoms with Crippen molar-refractivity contribution < 1.29 is 14.6 Å². The molecule has 0 unspecified atom stereocenters. The van der Waals surface area contributed by atoms with Gasteiger partial charge in [0, 0.05) is 11.8 Å². The maximum absolute atomic E-state index is 11.1. The van der Waals surface area contributed by atoms with E-state index < -0.39 is 5.97 Å². The Kier molecular flexibility index (Phi) is 3.27. The van der Waals surface area contributed by atoms with Gasteiger partial charge in [-0.3, -0.25) is 0 Å². The van der Waals surface area contributed by atoms with Crippen LogP contribution in [0, 0.1) is 0 Å². The van der Waals surface area contributed by atoms with Gasteiger partial charge in [-0.25, -0.2) is 14.3 Å². The predicted molar refractivity (Wildman–Crippen MR) is 76.6 cm³/mol. The molecule has 21 heavy (non-hydrogen) atoms. The third-order valence-corrected chi connectivity index (χ3v) is 3.09. The number of hydrogen-bond donors (Lipinski definition) is 1. The minimum Gasteiger partial charge on any atom is -0.494 e. The van der Waals surface area contributed by atoms with Gasteiger partial charge in [-0.15, -0.1) is 0 Å². The molecule has 0 amide bonds. The van der Waals surface area contributed by atoms with Crippen LogP contribution in [0.4, 0.5) is 0 Å². The van der Waals surface area contributed by atoms with Crippen LogP contribution in [0.3, 0.4) is 0 Å². The lowest BCUT2D eigenvalue weighted by Crippen LogP contribution is -1.99. The van der Waals surface area contributed by atoms with Crippen LogP contribution in [0.2, 0.25) is 0 Å². The first-order valence-electron chi connectivity index (χ1n) is 6.50. The zero-order valence-electron chi connectivity index (χ0n) is 11.4. The van der Waals surface area contributed by atoms with E-state index >= 15 is 0 Å². The van der Waals surface area contributed by atoms with E-state index in [2.05, 4.69) is 10.1 Å². The third kappa shape index (κ3) is 2.31. The SMILES string of the molecule is CCOc1ccc(-c2ccnc3c(C(=O)O)cnn23)cc1. The van der Waals surface area contributed by atoms with Crippen LogP contribution in [-0.2, 0) is 0 Å². The summed E-state index contributed by atoms with van der Waals surface area (Å²) in [4.78, 5) is 15.2. The smallest absolute Gasteiger partial charge is 0.341 e. The molecule has 1 aromatic carbocycles. The lowest BCUT2D eigenvalue weighted by molar-refractivity contribution is 0.0699. The molecule has 0 spiro atoms. The summed E-state index contributed by atoms with van der Waals surface area (Å²) in [7, 11) is 0. The van der Waals surface area contributed by atoms with Crippen LogP contribution in [0.15, 0.2) is 42.7 Å². The van der Waals surface area contributed by atoms with Gasteiger partial charge >= 0.3 is 5.97 Å². The lowest BCUT2D eigenvalue weighted by atomic mass is 10.1. The molecular weight excluding hydrogens is 270 g/mol. The van der Waals surface area contributed by atoms with Gasteiger partial charge in [0.05, 0.1) is 18.5 Å². The molecule has 0 atom stereocenters. The van der Waals surface area contributed by atoms with E-state index in [4.69, 9.17) is 9.84 Å². The highest BCUT2D eigenvalue weighted by atomic mass is 16.5. The lowest BCUT2D eigenvalue weighted by Gasteiger charge is -2.06. The van der Waals surface area contributed by atoms with E-state index in [1.165, 1.54) is 10.7 Å². The molecule has 0 radical (unpaired) electrons. The van der Waals surface area contributed by atoms with Gasteiger partial charge < -0.3 is 9.84 Å². The van der Waals surface area contributed by atoms with Crippen LogP contribution < -0.4 is 4.74 Å². The van der Waals surface area contributed by atoms with Crippen LogP contribution in [0.5, 0.6) is 5.75 Å². The Morgan fingerprint density at radius 1 is 1.29 bits per heavy atom. The summed E-state index contributed by atoms with van der Waals surface area (Å²) in [5, 5.41) is 13.2. The summed E-state index contributed by atoms with van der Waals surface area (Å²) in [6.45, 7) is 2.54. The minimum absolute atomic E-state index is 0.0859. The number of benzene rings is 1. The average Bonchev–Trinajstić information content (AvgIpc) is 2.92. The van der Waals surface area contributed by atoms with Gasteiger partial charge in [0.1, 0.15) is 11.3 Å². The highest BCUT2D eigenvalue weighted by Gasteiger charge is 2.14. The van der Waals surface area contributed by atoms with Crippen molar-refractivity contribution in [1.82, 2.24) is 14.6 Å². The molecule has 106 valence electrons. The Morgan fingerprint density at radius 2 is 2.05 bits per heavy atom. The van der Waals surface area contributed by atoms with Gasteiger partial charge in [0.25, 0.3) is 0 Å². The Labute approximate surface area is 120 Å². The van der Waals surface area contributed by atoms with Crippen molar-refractivity contribution in [2.24, 2.45) is 0 Å². The Bertz CT molecular complexity index is 794. The summed E-state index contributed by atoms with van der Waals surface area (Å²) in [5.41, 5.74) is 2.10. The number of aromatic nitrogens is 3. The quantitative estimate of drug-likeness (QED) is 0.796. The molecule has 0 bridgehead atoms. The fraction of sp³-hybridized carbons (Fsp3) is 0.133. The molecule has 0 saturated heterocycles. The molecule has 2 heterocycles. The zero-order chi connectivity index (χ0) is 14.8. The Hall–Kier alpha value is -2.89. The van der Waals surface area contributed by atoms with E-state index in [0.717, 1.165) is 17.0 Å². The molecular formula is C15H13N3O3. The Balaban J connectivity index is 2.10. The molecule has 0 aliphatic heterocycles. The minimum atomic E-state index is -1.04. The molecule has 6 heteroatoms. The van der Waals surface area contributed by atoms with E-state index in [9.17, 15) is 4.79 Å². The largest absolute Gasteiger partial charge is 0.494 e. The molecule has 0 fully saturated rings. The van der Waals surface area contributed by atoms with Crippen molar-refractivity contribution in [3.63, 3.8) is 0 Å². The second-order valence-electron chi connectivity index (χ2n) is 4.39. The molecule has 0 aliphatic rings. The van der Waals surface area contributed by atoms with E-state index in [1.54, 1.807) is 12.3 Å². The number of nitrogens with zero attached hydrogens (tertiary/aromatic N) is 3. The summed E-state index contributed by atoms with van der Waals surface area (Å²) in [6, 6.07) is 9.34. The number of carboxylic acids is 1. The number of carbonyl (C=O) groups is 1. The monoisotopic (exact) mass is 283 g/mol. The summed E-state index contributed by atoms with van der Waals surface area (Å²) in [6.07, 6.45) is 2.89. The fourth-order valence-corrected chi connectivity index (χ4v) is 2.15. The molecule has 3 rings (SSSR count). The van der Waals surface area contributed by atoms with E-state index in [0.29, 0.717) is 12.3 Å². The van der Waals surface area contributed by atoms with Crippen molar-refractivity contribution in [2.45, 2.75) is 6.92 Å². The van der Waals surface area contributed by atoms with Crippen molar-refractivity contribution in [3.05, 3.63) is 48.3 Å². The average molecular weight is 283 g/mol. The predicted octanol–water partition coefficient (Wildman–Crippen LogP) is 2.49. The van der Waals surface area contributed by atoms with Crippen molar-refractivity contribution in [3.8, 4) is 17.0 Å². The number of rotatable bonds is 4. The number of ether oxygens (including phenoxy) is 1. The topological polar surface area (TPSA) is 76.7 Å². The third-order valence-electron chi connectivity index (χ3n) is 3.09. The highest BCUT2D eigenvalue weighted by Crippen LogP contribution is 2.23. The molecule has 3 aromatic rings. The van der Waals surface area contributed by atoms with Crippen molar-refractivity contribution in [1.29, 1.82) is 0 Å². The zero-order valence-corrected chi connectivity index (χ0v) is 11.4. The number of fused-ring (bicyclic) bond motifs is 1. The summed E-state index contributed by atoms with van der Waals surface area (Å²) < 4.78 is 6.93. The number of hydrogen-bond acceptors (Lipinski definition) is 4. The maximum atomic E-state index is 11.1. The first-order valence-corrected chi connectivity index (χ1v) is 6.50. The van der Waals surface area contributed by atoms with Crippen LogP contribution in [0.25, 0.3) is 16.9 Å². The van der Waals surface area contributed by atoms with Gasteiger partial charge in [0.15, 0.2) is 5.65 Å². The molecule has 0 aliphatic carbocycles. The second kappa shape index (κ2) is 5.24. The van der Waals surface area contributed by atoms with Crippen molar-refractivity contribution >= 4 is 11.6 Å². The van der Waals surface area contributed by atoms with Gasteiger partial charge in [-0.1, -0.05) is 0 Å². The van der Waals surface area contributed by atoms with Crippen LogP contribution in [-0.4, -0.2) is 32.3 Å². The summed E-state index contributed by atoms with van der Waals surface area (Å²) in [5.74, 6) is -0.250. The molecule has 6 nitrogen and oxygen atoms in total. The van der Waals surface area contributed by atoms with Gasteiger partial charge in [0.2, 0.25) is 0 Å². The molecule has 0 saturated carbocycles. The number of carboxylic acid groups (broad SMARTS) is 1. The second-order valence-corrected chi connectivity index (χ2v) is 4.39. The molecule has 1 N–H and O–H groups in total. The maximum Gasteiger partial charge on any atom is 0.341 e. The van der Waals surface area contributed by atoms with E-state index in [-0.39, 0.29) is 5.56 Å². The first-order chi connectivity index (χ1) is 10.2. The van der Waals surface area contributed by atoms with E-state index in [1.807, 2.05) is 31.2 Å². The number of aromatic carboxylic acids is 1. The van der Waals surface area contributed by atoms with Crippen LogP contribution in [0.1, 0.15) is 17.3 Å². The van der Waals surface area contributed by atoms with Crippen LogP contribution >= 0.6 is 0 Å². The summed E-state index contributed by atoms with van der Waals surface area (Å²) >= 11 is 0. The standard InChI is InChI=1S/C15H13N3O3/c1-2-21-11-5-3-10(4-6-11)13-7-8-16-14-12(15(19)20)9-17-18(13)14/h3-9H,2H2,1H3,(H,19,20). The molecule has 2 aromatic heterocycles. The first kappa shape index (κ1) is 13.1. The van der Waals surface area contributed by atoms with Crippen molar-refractivity contribution in [2.75, 3.05) is 6.61 Å². The highest BCUT2D eigenvalue weighted by molar-refractivity contribution is 5.94. The fourth-order valence-electron chi connectivity index (χ4n) is 2.15. The normalized spacial score (nSPS) is 10.7. The van der Waals surface area contributed by atoms with Gasteiger partial charge in [-0.05, 0) is 37.3 Å².